The molecule has 2 amide bonds. The zero-order valence-electron chi connectivity index (χ0n) is 15.0. The van der Waals surface area contributed by atoms with Crippen LogP contribution in [0.4, 0.5) is 5.69 Å². The Balaban J connectivity index is 1.92. The highest BCUT2D eigenvalue weighted by Crippen LogP contribution is 2.13. The number of furan rings is 1. The van der Waals surface area contributed by atoms with Gasteiger partial charge in [0.1, 0.15) is 6.04 Å². The van der Waals surface area contributed by atoms with Crippen molar-refractivity contribution in [1.29, 1.82) is 0 Å². The summed E-state index contributed by atoms with van der Waals surface area (Å²) in [6, 6.07) is 10.8. The Kier molecular flexibility index (Phi) is 6.77. The molecule has 134 valence electrons. The molecule has 6 nitrogen and oxygen atoms in total. The fourth-order valence-corrected chi connectivity index (χ4v) is 2.59. The van der Waals surface area contributed by atoms with Crippen LogP contribution in [0.15, 0.2) is 47.1 Å². The van der Waals surface area contributed by atoms with Gasteiger partial charge in [-0.15, -0.1) is 0 Å². The van der Waals surface area contributed by atoms with E-state index >= 15 is 0 Å². The molecule has 6 heteroatoms. The molecule has 0 aliphatic carbocycles. The minimum absolute atomic E-state index is 0.0286. The number of nitrogens with two attached hydrogens (primary N) is 1. The van der Waals surface area contributed by atoms with Crippen molar-refractivity contribution >= 4 is 17.5 Å². The molecule has 0 saturated heterocycles. The lowest BCUT2D eigenvalue weighted by atomic mass is 10.1. The van der Waals surface area contributed by atoms with E-state index in [4.69, 9.17) is 4.42 Å². The van der Waals surface area contributed by atoms with Gasteiger partial charge < -0.3 is 20.0 Å². The number of carbonyl (C=O) groups is 2. The van der Waals surface area contributed by atoms with E-state index in [0.29, 0.717) is 24.3 Å². The Morgan fingerprint density at radius 1 is 1.20 bits per heavy atom. The number of carbonyl (C=O) groups excluding carboxylic acids is 2. The average Bonchev–Trinajstić information content (AvgIpc) is 3.15. The van der Waals surface area contributed by atoms with Crippen LogP contribution in [0.3, 0.4) is 0 Å². The van der Waals surface area contributed by atoms with Gasteiger partial charge in [-0.25, -0.2) is 0 Å². The molecule has 1 heterocycles. The van der Waals surface area contributed by atoms with Crippen LogP contribution in [0, 0.1) is 0 Å². The van der Waals surface area contributed by atoms with Crippen molar-refractivity contribution in [2.45, 2.75) is 26.8 Å². The molecule has 0 aliphatic heterocycles. The summed E-state index contributed by atoms with van der Waals surface area (Å²) in [5.41, 5.74) is 1.21. The number of amides is 2. The van der Waals surface area contributed by atoms with E-state index < -0.39 is 0 Å². The minimum atomic E-state index is -0.120. The van der Waals surface area contributed by atoms with Gasteiger partial charge in [0.15, 0.2) is 12.3 Å². The van der Waals surface area contributed by atoms with Gasteiger partial charge in [0.05, 0.1) is 6.26 Å². The molecule has 2 aromatic rings. The minimum Gasteiger partial charge on any atom is -0.463 e. The summed E-state index contributed by atoms with van der Waals surface area (Å²) in [4.78, 5) is 26.3. The zero-order chi connectivity index (χ0) is 18.2. The molecule has 2 rings (SSSR count). The van der Waals surface area contributed by atoms with Gasteiger partial charge in [0.2, 0.25) is 0 Å². The maximum atomic E-state index is 12.4. The second kappa shape index (κ2) is 9.03. The van der Waals surface area contributed by atoms with E-state index in [0.717, 1.165) is 5.76 Å². The maximum Gasteiger partial charge on any atom is 0.279 e. The molecule has 0 saturated carbocycles. The number of benzene rings is 1. The first-order chi connectivity index (χ1) is 12.0. The van der Waals surface area contributed by atoms with Crippen LogP contribution in [0.25, 0.3) is 0 Å². The molecular weight excluding hydrogens is 318 g/mol. The van der Waals surface area contributed by atoms with Crippen molar-refractivity contribution in [1.82, 2.24) is 4.90 Å². The summed E-state index contributed by atoms with van der Waals surface area (Å²) < 4.78 is 5.33. The molecule has 3 N–H and O–H groups in total. The molecule has 0 radical (unpaired) electrons. The molecule has 25 heavy (non-hydrogen) atoms. The summed E-state index contributed by atoms with van der Waals surface area (Å²) in [6.45, 7) is 7.47. The lowest BCUT2D eigenvalue weighted by Crippen LogP contribution is -2.86. The molecule has 0 fully saturated rings. The van der Waals surface area contributed by atoms with Crippen molar-refractivity contribution in [3.63, 3.8) is 0 Å². The highest BCUT2D eigenvalue weighted by molar-refractivity contribution is 5.97. The van der Waals surface area contributed by atoms with Crippen molar-refractivity contribution in [3.05, 3.63) is 54.0 Å². The third-order valence-electron chi connectivity index (χ3n) is 4.09. The summed E-state index contributed by atoms with van der Waals surface area (Å²) >= 11 is 0. The predicted molar refractivity (Wildman–Crippen MR) is 96.2 cm³/mol. The summed E-state index contributed by atoms with van der Waals surface area (Å²) in [5, 5.41) is 4.74. The van der Waals surface area contributed by atoms with Gasteiger partial charge in [0.25, 0.3) is 11.8 Å². The van der Waals surface area contributed by atoms with E-state index in [-0.39, 0.29) is 24.4 Å². The first-order valence-electron chi connectivity index (χ1n) is 8.61. The highest BCUT2D eigenvalue weighted by Gasteiger charge is 2.15. The summed E-state index contributed by atoms with van der Waals surface area (Å²) in [7, 11) is 0. The standard InChI is InChI=1S/C19H25N3O3/c1-4-22(5-2)19(24)15-8-6-9-16(12-15)21-18(23)13-20-14(3)17-10-7-11-25-17/h6-12,14,20H,4-5,13H2,1-3H3,(H,21,23)/p+1/t14-/m0/s1. The van der Waals surface area contributed by atoms with Gasteiger partial charge in [-0.3, -0.25) is 9.59 Å². The average molecular weight is 344 g/mol. The van der Waals surface area contributed by atoms with Crippen LogP contribution in [-0.4, -0.2) is 36.3 Å². The Bertz CT molecular complexity index is 694. The molecule has 1 aromatic carbocycles. The lowest BCUT2D eigenvalue weighted by Gasteiger charge is -2.19. The van der Waals surface area contributed by atoms with E-state index in [2.05, 4.69) is 5.32 Å². The van der Waals surface area contributed by atoms with Crippen molar-refractivity contribution in [2.24, 2.45) is 0 Å². The van der Waals surface area contributed by atoms with Gasteiger partial charge in [0, 0.05) is 24.3 Å². The fourth-order valence-electron chi connectivity index (χ4n) is 2.59. The molecular formula is C19H26N3O3+. The second-order valence-electron chi connectivity index (χ2n) is 5.85. The van der Waals surface area contributed by atoms with E-state index in [1.54, 1.807) is 35.4 Å². The number of hydrogen-bond acceptors (Lipinski definition) is 3. The second-order valence-corrected chi connectivity index (χ2v) is 5.85. The maximum absolute atomic E-state index is 12.4. The van der Waals surface area contributed by atoms with Gasteiger partial charge >= 0.3 is 0 Å². The number of rotatable bonds is 8. The number of quaternary nitrogens is 1. The van der Waals surface area contributed by atoms with Crippen LogP contribution in [-0.2, 0) is 4.79 Å². The van der Waals surface area contributed by atoms with Gasteiger partial charge in [-0.2, -0.15) is 0 Å². The zero-order valence-corrected chi connectivity index (χ0v) is 15.0. The van der Waals surface area contributed by atoms with Crippen LogP contribution in [0.2, 0.25) is 0 Å². The lowest BCUT2D eigenvalue weighted by molar-refractivity contribution is -0.684. The van der Waals surface area contributed by atoms with Crippen LogP contribution in [0.5, 0.6) is 0 Å². The molecule has 1 aromatic heterocycles. The molecule has 0 aliphatic rings. The van der Waals surface area contributed by atoms with E-state index in [1.165, 1.54) is 0 Å². The first kappa shape index (κ1) is 18.7. The van der Waals surface area contributed by atoms with Crippen LogP contribution < -0.4 is 10.6 Å². The van der Waals surface area contributed by atoms with Crippen molar-refractivity contribution < 1.29 is 19.3 Å². The third-order valence-corrected chi connectivity index (χ3v) is 4.09. The number of hydrogen-bond donors (Lipinski definition) is 2. The Labute approximate surface area is 148 Å². The van der Waals surface area contributed by atoms with Crippen LogP contribution >= 0.6 is 0 Å². The number of nitrogens with zero attached hydrogens (tertiary/aromatic N) is 1. The first-order valence-corrected chi connectivity index (χ1v) is 8.61. The monoisotopic (exact) mass is 344 g/mol. The Morgan fingerprint density at radius 2 is 1.96 bits per heavy atom. The topological polar surface area (TPSA) is 79.2 Å². The number of nitrogens with one attached hydrogen (secondary N) is 1. The SMILES string of the molecule is CCN(CC)C(=O)c1cccc(NC(=O)C[NH2+][C@@H](C)c2ccco2)c1. The van der Waals surface area contributed by atoms with Crippen molar-refractivity contribution in [2.75, 3.05) is 25.0 Å². The van der Waals surface area contributed by atoms with Crippen molar-refractivity contribution in [3.8, 4) is 0 Å². The summed E-state index contributed by atoms with van der Waals surface area (Å²) in [6.07, 6.45) is 1.62. The Morgan fingerprint density at radius 3 is 2.60 bits per heavy atom. The van der Waals surface area contributed by atoms with Gasteiger partial charge in [-0.05, 0) is 51.1 Å². The third kappa shape index (κ3) is 5.19. The summed E-state index contributed by atoms with van der Waals surface area (Å²) in [5.74, 6) is 0.685. The normalized spacial score (nSPS) is 11.8. The van der Waals surface area contributed by atoms with Gasteiger partial charge in [-0.1, -0.05) is 6.07 Å². The molecule has 0 bridgehead atoms. The largest absolute Gasteiger partial charge is 0.463 e. The van der Waals surface area contributed by atoms with E-state index in [9.17, 15) is 9.59 Å². The molecule has 0 unspecified atom stereocenters. The molecule has 0 spiro atoms. The Hall–Kier alpha value is -2.60. The highest BCUT2D eigenvalue weighted by atomic mass is 16.3. The van der Waals surface area contributed by atoms with Crippen LogP contribution in [0.1, 0.15) is 42.9 Å². The fraction of sp³-hybridized carbons (Fsp3) is 0.368. The van der Waals surface area contributed by atoms with E-state index in [1.807, 2.05) is 38.2 Å². The smallest absolute Gasteiger partial charge is 0.279 e. The predicted octanol–water partition coefficient (Wildman–Crippen LogP) is 2.02. The quantitative estimate of drug-likeness (QED) is 0.769. The number of anilines is 1. The molecule has 1 atom stereocenters.